The van der Waals surface area contributed by atoms with Crippen molar-refractivity contribution in [3.05, 3.63) is 59.2 Å². The molecular weight excluding hydrogens is 364 g/mol. The minimum atomic E-state index is -3.52. The largest absolute Gasteiger partial charge is 0.506 e. The Morgan fingerprint density at radius 1 is 1.19 bits per heavy atom. The summed E-state index contributed by atoms with van der Waals surface area (Å²) >= 11 is 0. The maximum atomic E-state index is 11.4. The number of nitrogens with zero attached hydrogens (tertiary/aromatic N) is 1. The van der Waals surface area contributed by atoms with Crippen molar-refractivity contribution in [3.8, 4) is 5.75 Å². The van der Waals surface area contributed by atoms with Crippen molar-refractivity contribution in [3.63, 3.8) is 0 Å². The van der Waals surface area contributed by atoms with Crippen molar-refractivity contribution in [2.75, 3.05) is 24.1 Å². The normalized spacial score (nSPS) is 15.7. The SMILES string of the molecule is CCN(CC(O)c1ccc(O)c(NS(C)(=O)=O)c1)C1Cc2ccccc2C1. The molecule has 0 heterocycles. The summed E-state index contributed by atoms with van der Waals surface area (Å²) in [5, 5.41) is 20.6. The summed E-state index contributed by atoms with van der Waals surface area (Å²) in [6, 6.07) is 13.3. The van der Waals surface area contributed by atoms with Gasteiger partial charge in [0, 0.05) is 12.6 Å². The predicted molar refractivity (Wildman–Crippen MR) is 106 cm³/mol. The molecule has 0 aromatic heterocycles. The van der Waals surface area contributed by atoms with Crippen LogP contribution in [0.1, 0.15) is 29.7 Å². The average molecular weight is 391 g/mol. The van der Waals surface area contributed by atoms with E-state index in [1.165, 1.54) is 23.3 Å². The number of likely N-dealkylation sites (N-methyl/N-ethyl adjacent to an activating group) is 1. The maximum absolute atomic E-state index is 11.4. The Labute approximate surface area is 160 Å². The summed E-state index contributed by atoms with van der Waals surface area (Å²) in [5.74, 6) is -0.171. The fourth-order valence-electron chi connectivity index (χ4n) is 3.70. The lowest BCUT2D eigenvalue weighted by atomic mass is 10.1. The van der Waals surface area contributed by atoms with E-state index in [0.717, 1.165) is 25.6 Å². The molecule has 1 atom stereocenters. The van der Waals surface area contributed by atoms with Gasteiger partial charge in [-0.2, -0.15) is 0 Å². The van der Waals surface area contributed by atoms with Crippen molar-refractivity contribution in [2.45, 2.75) is 31.9 Å². The first-order chi connectivity index (χ1) is 12.8. The number of hydrogen-bond acceptors (Lipinski definition) is 5. The molecule has 0 fully saturated rings. The molecule has 0 bridgehead atoms. The molecule has 0 saturated heterocycles. The van der Waals surface area contributed by atoms with Gasteiger partial charge in [0.15, 0.2) is 0 Å². The van der Waals surface area contributed by atoms with Gasteiger partial charge in [-0.15, -0.1) is 0 Å². The molecule has 7 heteroatoms. The first kappa shape index (κ1) is 19.7. The minimum absolute atomic E-state index is 0.0744. The zero-order valence-electron chi connectivity index (χ0n) is 15.6. The van der Waals surface area contributed by atoms with Crippen LogP contribution in [0, 0.1) is 0 Å². The number of aromatic hydroxyl groups is 1. The molecule has 2 aromatic rings. The second kappa shape index (κ2) is 7.88. The molecule has 0 saturated carbocycles. The lowest BCUT2D eigenvalue weighted by Gasteiger charge is -2.29. The highest BCUT2D eigenvalue weighted by Gasteiger charge is 2.27. The van der Waals surface area contributed by atoms with Gasteiger partial charge in [0.25, 0.3) is 0 Å². The zero-order chi connectivity index (χ0) is 19.6. The summed E-state index contributed by atoms with van der Waals surface area (Å²) in [7, 11) is -3.52. The third-order valence-electron chi connectivity index (χ3n) is 5.06. The second-order valence-corrected chi connectivity index (χ2v) is 8.83. The van der Waals surface area contributed by atoms with Crippen LogP contribution in [-0.2, 0) is 22.9 Å². The monoisotopic (exact) mass is 390 g/mol. The predicted octanol–water partition coefficient (Wildman–Crippen LogP) is 2.29. The van der Waals surface area contributed by atoms with Crippen LogP contribution < -0.4 is 4.72 Å². The smallest absolute Gasteiger partial charge is 0.229 e. The lowest BCUT2D eigenvalue weighted by molar-refractivity contribution is 0.0923. The van der Waals surface area contributed by atoms with E-state index in [1.54, 1.807) is 6.07 Å². The van der Waals surface area contributed by atoms with Crippen molar-refractivity contribution < 1.29 is 18.6 Å². The van der Waals surface area contributed by atoms with Crippen LogP contribution in [0.15, 0.2) is 42.5 Å². The number of fused-ring (bicyclic) bond motifs is 1. The third-order valence-corrected chi connectivity index (χ3v) is 5.65. The molecule has 3 rings (SSSR count). The Hall–Kier alpha value is -2.09. The fourth-order valence-corrected chi connectivity index (χ4v) is 4.26. The molecule has 1 aliphatic carbocycles. The van der Waals surface area contributed by atoms with E-state index in [4.69, 9.17) is 0 Å². The number of sulfonamides is 1. The molecule has 146 valence electrons. The lowest BCUT2D eigenvalue weighted by Crippen LogP contribution is -2.38. The number of rotatable bonds is 7. The van der Waals surface area contributed by atoms with Gasteiger partial charge < -0.3 is 10.2 Å². The van der Waals surface area contributed by atoms with E-state index in [2.05, 4.69) is 40.8 Å². The van der Waals surface area contributed by atoms with Gasteiger partial charge >= 0.3 is 0 Å². The molecule has 6 nitrogen and oxygen atoms in total. The van der Waals surface area contributed by atoms with Gasteiger partial charge in [-0.1, -0.05) is 37.3 Å². The first-order valence-electron chi connectivity index (χ1n) is 9.06. The van der Waals surface area contributed by atoms with Crippen LogP contribution in [0.5, 0.6) is 5.75 Å². The highest BCUT2D eigenvalue weighted by atomic mass is 32.2. The quantitative estimate of drug-likeness (QED) is 0.631. The number of phenols is 1. The van der Waals surface area contributed by atoms with E-state index < -0.39 is 16.1 Å². The van der Waals surface area contributed by atoms with Gasteiger partial charge in [0.05, 0.1) is 18.0 Å². The second-order valence-electron chi connectivity index (χ2n) is 7.08. The zero-order valence-corrected chi connectivity index (χ0v) is 16.4. The highest BCUT2D eigenvalue weighted by Crippen LogP contribution is 2.30. The Bertz CT molecular complexity index is 889. The van der Waals surface area contributed by atoms with Crippen LogP contribution in [-0.4, -0.2) is 48.9 Å². The van der Waals surface area contributed by atoms with Crippen LogP contribution in [0.25, 0.3) is 0 Å². The van der Waals surface area contributed by atoms with Crippen molar-refractivity contribution in [1.29, 1.82) is 0 Å². The van der Waals surface area contributed by atoms with Crippen LogP contribution in [0.2, 0.25) is 0 Å². The minimum Gasteiger partial charge on any atom is -0.506 e. The number of aliphatic hydroxyl groups is 1. The topological polar surface area (TPSA) is 89.9 Å². The van der Waals surface area contributed by atoms with Crippen LogP contribution in [0.4, 0.5) is 5.69 Å². The van der Waals surface area contributed by atoms with Gasteiger partial charge in [-0.3, -0.25) is 9.62 Å². The highest BCUT2D eigenvalue weighted by molar-refractivity contribution is 7.92. The summed E-state index contributed by atoms with van der Waals surface area (Å²) in [6.45, 7) is 3.32. The van der Waals surface area contributed by atoms with Gasteiger partial charge in [0.2, 0.25) is 10.0 Å². The molecule has 0 aliphatic heterocycles. The first-order valence-corrected chi connectivity index (χ1v) is 11.0. The number of aliphatic hydroxyl groups excluding tert-OH is 1. The molecule has 1 unspecified atom stereocenters. The van der Waals surface area contributed by atoms with E-state index in [0.29, 0.717) is 18.2 Å². The van der Waals surface area contributed by atoms with E-state index in [9.17, 15) is 18.6 Å². The van der Waals surface area contributed by atoms with Gasteiger partial charge in [-0.05, 0) is 48.2 Å². The van der Waals surface area contributed by atoms with Gasteiger partial charge in [-0.25, -0.2) is 8.42 Å². The molecule has 27 heavy (non-hydrogen) atoms. The summed E-state index contributed by atoms with van der Waals surface area (Å²) in [5.41, 5.74) is 3.36. The maximum Gasteiger partial charge on any atom is 0.229 e. The van der Waals surface area contributed by atoms with E-state index >= 15 is 0 Å². The van der Waals surface area contributed by atoms with Crippen molar-refractivity contribution in [1.82, 2.24) is 4.90 Å². The molecule has 0 radical (unpaired) electrons. The Balaban J connectivity index is 1.72. The molecular formula is C20H26N2O4S. The number of nitrogens with one attached hydrogen (secondary N) is 1. The summed E-state index contributed by atoms with van der Waals surface area (Å²) in [6.07, 6.45) is 2.17. The molecule has 0 spiro atoms. The average Bonchev–Trinajstić information content (AvgIpc) is 3.04. The standard InChI is InChI=1S/C20H26N2O4S/c1-3-22(17-10-14-6-4-5-7-15(14)11-17)13-20(24)16-8-9-19(23)18(12-16)21-27(2,25)26/h4-9,12,17,20-21,23-24H,3,10-11,13H2,1-2H3. The molecule has 2 aromatic carbocycles. The summed E-state index contributed by atoms with van der Waals surface area (Å²) < 4.78 is 25.2. The van der Waals surface area contributed by atoms with E-state index in [1.807, 2.05) is 0 Å². The molecule has 1 aliphatic rings. The number of benzene rings is 2. The van der Waals surface area contributed by atoms with Crippen molar-refractivity contribution in [2.24, 2.45) is 0 Å². The van der Waals surface area contributed by atoms with Crippen LogP contribution >= 0.6 is 0 Å². The number of phenolic OH excluding ortho intramolecular Hbond substituents is 1. The van der Waals surface area contributed by atoms with Crippen molar-refractivity contribution >= 4 is 15.7 Å². The van der Waals surface area contributed by atoms with E-state index in [-0.39, 0.29) is 11.4 Å². The molecule has 0 amide bonds. The summed E-state index contributed by atoms with van der Waals surface area (Å²) in [4.78, 5) is 2.25. The number of anilines is 1. The van der Waals surface area contributed by atoms with Crippen LogP contribution in [0.3, 0.4) is 0 Å². The fraction of sp³-hybridized carbons (Fsp3) is 0.400. The van der Waals surface area contributed by atoms with Gasteiger partial charge in [0.1, 0.15) is 5.75 Å². The number of hydrogen-bond donors (Lipinski definition) is 3. The molecule has 3 N–H and O–H groups in total. The Morgan fingerprint density at radius 2 is 1.81 bits per heavy atom. The third kappa shape index (κ3) is 4.80. The Kier molecular flexibility index (Phi) is 5.74. The Morgan fingerprint density at radius 3 is 2.37 bits per heavy atom.